The van der Waals surface area contributed by atoms with Crippen LogP contribution in [0.3, 0.4) is 0 Å². The van der Waals surface area contributed by atoms with Crippen molar-refractivity contribution in [1.29, 1.82) is 0 Å². The summed E-state index contributed by atoms with van der Waals surface area (Å²) in [6.45, 7) is 0.882. The molecule has 0 saturated heterocycles. The molecule has 0 spiro atoms. The summed E-state index contributed by atoms with van der Waals surface area (Å²) in [6.07, 6.45) is 5.63. The molecule has 0 aliphatic carbocycles. The highest BCUT2D eigenvalue weighted by Gasteiger charge is 2.02. The van der Waals surface area contributed by atoms with E-state index in [9.17, 15) is 0 Å². The molecule has 0 bridgehead atoms. The first-order chi connectivity index (χ1) is 13.4. The van der Waals surface area contributed by atoms with E-state index in [1.54, 1.807) is 6.21 Å². The Kier molecular flexibility index (Phi) is 5.11. The van der Waals surface area contributed by atoms with Crippen molar-refractivity contribution in [3.05, 3.63) is 102 Å². The maximum Gasteiger partial charge on any atom is 0.142 e. The van der Waals surface area contributed by atoms with Gasteiger partial charge in [0.05, 0.1) is 11.9 Å². The van der Waals surface area contributed by atoms with Crippen molar-refractivity contribution in [3.8, 4) is 5.75 Å². The molecule has 0 unspecified atom stereocenters. The van der Waals surface area contributed by atoms with Gasteiger partial charge in [-0.15, -0.1) is 0 Å². The summed E-state index contributed by atoms with van der Waals surface area (Å²) in [5.74, 6) is 0.786. The third-order valence-electron chi connectivity index (χ3n) is 4.03. The molecule has 0 aliphatic rings. The highest BCUT2D eigenvalue weighted by molar-refractivity contribution is 5.79. The van der Waals surface area contributed by atoms with Gasteiger partial charge >= 0.3 is 0 Å². The predicted octanol–water partition coefficient (Wildman–Crippen LogP) is 4.46. The minimum atomic E-state index is 0.426. The van der Waals surface area contributed by atoms with Gasteiger partial charge in [-0.3, -0.25) is 0 Å². The van der Waals surface area contributed by atoms with Gasteiger partial charge in [-0.25, -0.2) is 4.98 Å². The Hall–Kier alpha value is -3.60. The standard InChI is InChI=1S/C22H19N3O2/c1-2-6-19(7-3-1)16-27-23-14-18-9-11-21(12-10-18)26-17-20-15-25-13-5-4-8-22(25)24-20/h1-15H,16-17H2/b23-14+. The zero-order valence-electron chi connectivity index (χ0n) is 14.7. The lowest BCUT2D eigenvalue weighted by molar-refractivity contribution is 0.132. The zero-order chi connectivity index (χ0) is 18.3. The number of hydrogen-bond donors (Lipinski definition) is 0. The Balaban J connectivity index is 1.28. The number of imidazole rings is 1. The lowest BCUT2D eigenvalue weighted by Crippen LogP contribution is -1.95. The highest BCUT2D eigenvalue weighted by Crippen LogP contribution is 2.14. The van der Waals surface area contributed by atoms with Gasteiger partial charge < -0.3 is 14.0 Å². The van der Waals surface area contributed by atoms with Crippen molar-refractivity contribution < 1.29 is 9.57 Å². The Labute approximate surface area is 157 Å². The molecule has 2 aromatic carbocycles. The smallest absolute Gasteiger partial charge is 0.142 e. The van der Waals surface area contributed by atoms with Crippen LogP contribution in [0.25, 0.3) is 5.65 Å². The number of oxime groups is 1. The molecule has 5 heteroatoms. The van der Waals surface area contributed by atoms with E-state index in [1.165, 1.54) is 0 Å². The monoisotopic (exact) mass is 357 g/mol. The number of hydrogen-bond acceptors (Lipinski definition) is 4. The topological polar surface area (TPSA) is 48.1 Å². The number of benzene rings is 2. The van der Waals surface area contributed by atoms with Gasteiger partial charge in [-0.1, -0.05) is 41.6 Å². The van der Waals surface area contributed by atoms with Crippen molar-refractivity contribution in [2.45, 2.75) is 13.2 Å². The molecule has 4 aromatic rings. The van der Waals surface area contributed by atoms with Crippen LogP contribution in [0.15, 0.2) is 90.3 Å². The number of pyridine rings is 1. The Morgan fingerprint density at radius 1 is 0.889 bits per heavy atom. The molecule has 0 aliphatic heterocycles. The Morgan fingerprint density at radius 3 is 2.52 bits per heavy atom. The molecular weight excluding hydrogens is 338 g/mol. The second-order valence-corrected chi connectivity index (χ2v) is 6.05. The molecule has 0 amide bonds. The first-order valence-electron chi connectivity index (χ1n) is 8.71. The first-order valence-corrected chi connectivity index (χ1v) is 8.71. The summed E-state index contributed by atoms with van der Waals surface area (Å²) in [7, 11) is 0. The van der Waals surface area contributed by atoms with Crippen LogP contribution in [0.4, 0.5) is 0 Å². The lowest BCUT2D eigenvalue weighted by atomic mass is 10.2. The number of ether oxygens (including phenoxy) is 1. The van der Waals surface area contributed by atoms with Crippen molar-refractivity contribution >= 4 is 11.9 Å². The second kappa shape index (κ2) is 8.19. The fourth-order valence-corrected chi connectivity index (χ4v) is 2.65. The van der Waals surface area contributed by atoms with E-state index in [1.807, 2.05) is 89.6 Å². The van der Waals surface area contributed by atoms with Gasteiger partial charge in [0.1, 0.15) is 24.6 Å². The molecule has 0 radical (unpaired) electrons. The number of rotatable bonds is 7. The third-order valence-corrected chi connectivity index (χ3v) is 4.03. The molecule has 4 rings (SSSR count). The van der Waals surface area contributed by atoms with Gasteiger partial charge in [0.2, 0.25) is 0 Å². The van der Waals surface area contributed by atoms with Crippen LogP contribution in [0.5, 0.6) is 5.75 Å². The van der Waals surface area contributed by atoms with Crippen molar-refractivity contribution in [2.24, 2.45) is 5.16 Å². The van der Waals surface area contributed by atoms with Crippen LogP contribution >= 0.6 is 0 Å². The summed E-state index contributed by atoms with van der Waals surface area (Å²) in [4.78, 5) is 9.84. The minimum Gasteiger partial charge on any atom is -0.487 e. The first kappa shape index (κ1) is 16.8. The SMILES string of the molecule is C(=N\OCc1ccccc1)/c1ccc(OCc2cn3ccccc3n2)cc1. The molecule has 2 aromatic heterocycles. The third kappa shape index (κ3) is 4.52. The van der Waals surface area contributed by atoms with Gasteiger partial charge in [-0.2, -0.15) is 0 Å². The van der Waals surface area contributed by atoms with Gasteiger partial charge in [0.15, 0.2) is 0 Å². The maximum atomic E-state index is 5.81. The van der Waals surface area contributed by atoms with E-state index >= 15 is 0 Å². The van der Waals surface area contributed by atoms with E-state index in [0.29, 0.717) is 13.2 Å². The number of nitrogens with zero attached hydrogens (tertiary/aromatic N) is 3. The van der Waals surface area contributed by atoms with E-state index in [0.717, 1.165) is 28.2 Å². The van der Waals surface area contributed by atoms with Crippen LogP contribution in [0, 0.1) is 0 Å². The van der Waals surface area contributed by atoms with Crippen molar-refractivity contribution in [2.75, 3.05) is 0 Å². The second-order valence-electron chi connectivity index (χ2n) is 6.05. The molecule has 2 heterocycles. The summed E-state index contributed by atoms with van der Waals surface area (Å²) in [5, 5.41) is 4.01. The molecule has 0 fully saturated rings. The molecule has 5 nitrogen and oxygen atoms in total. The summed E-state index contributed by atoms with van der Waals surface area (Å²) < 4.78 is 7.79. The van der Waals surface area contributed by atoms with Crippen molar-refractivity contribution in [3.63, 3.8) is 0 Å². The largest absolute Gasteiger partial charge is 0.487 e. The zero-order valence-corrected chi connectivity index (χ0v) is 14.7. The molecular formula is C22H19N3O2. The van der Waals surface area contributed by atoms with Crippen LogP contribution < -0.4 is 4.74 Å². The van der Waals surface area contributed by atoms with Gasteiger partial charge in [0, 0.05) is 12.4 Å². The fraction of sp³-hybridized carbons (Fsp3) is 0.0909. The van der Waals surface area contributed by atoms with E-state index in [-0.39, 0.29) is 0 Å². The maximum absolute atomic E-state index is 5.81. The van der Waals surface area contributed by atoms with Crippen LogP contribution in [-0.2, 0) is 18.1 Å². The van der Waals surface area contributed by atoms with Gasteiger partial charge in [0.25, 0.3) is 0 Å². The Morgan fingerprint density at radius 2 is 1.70 bits per heavy atom. The van der Waals surface area contributed by atoms with E-state index in [2.05, 4.69) is 10.1 Å². The minimum absolute atomic E-state index is 0.426. The molecule has 0 atom stereocenters. The summed E-state index contributed by atoms with van der Waals surface area (Å²) in [5.41, 5.74) is 3.84. The predicted molar refractivity (Wildman–Crippen MR) is 105 cm³/mol. The van der Waals surface area contributed by atoms with Crippen molar-refractivity contribution in [1.82, 2.24) is 9.38 Å². The number of aromatic nitrogens is 2. The number of fused-ring (bicyclic) bond motifs is 1. The summed E-state index contributed by atoms with van der Waals surface area (Å²) >= 11 is 0. The van der Waals surface area contributed by atoms with E-state index in [4.69, 9.17) is 9.57 Å². The average molecular weight is 357 g/mol. The molecule has 0 saturated carbocycles. The normalized spacial score (nSPS) is 11.1. The van der Waals surface area contributed by atoms with Gasteiger partial charge in [-0.05, 0) is 47.5 Å². The van der Waals surface area contributed by atoms with Crippen LogP contribution in [0.1, 0.15) is 16.8 Å². The average Bonchev–Trinajstić information content (AvgIpc) is 3.14. The van der Waals surface area contributed by atoms with E-state index < -0.39 is 0 Å². The summed E-state index contributed by atoms with van der Waals surface area (Å²) in [6, 6.07) is 23.6. The molecule has 134 valence electrons. The Bertz CT molecular complexity index is 991. The quantitative estimate of drug-likeness (QED) is 0.362. The highest BCUT2D eigenvalue weighted by atomic mass is 16.6. The molecule has 0 N–H and O–H groups in total. The fourth-order valence-electron chi connectivity index (χ4n) is 2.65. The molecule has 27 heavy (non-hydrogen) atoms. The lowest BCUT2D eigenvalue weighted by Gasteiger charge is -2.04. The van der Waals surface area contributed by atoms with Crippen LogP contribution in [-0.4, -0.2) is 15.6 Å². The van der Waals surface area contributed by atoms with Crippen LogP contribution in [0.2, 0.25) is 0 Å².